The number of nitrogens with zero attached hydrogens (tertiary/aromatic N) is 3. The fraction of sp³-hybridized carbons (Fsp3) is 0.200. The number of nitrogens with one attached hydrogen (secondary N) is 2. The number of aliphatic imine (C=N–C) groups is 1. The lowest BCUT2D eigenvalue weighted by molar-refractivity contribution is 0.296. The molecule has 0 aliphatic carbocycles. The summed E-state index contributed by atoms with van der Waals surface area (Å²) in [4.78, 5) is 6.71. The second-order valence-electron chi connectivity index (χ2n) is 6.46. The highest BCUT2D eigenvalue weighted by Crippen LogP contribution is 2.27. The van der Waals surface area contributed by atoms with Crippen LogP contribution >= 0.6 is 0 Å². The van der Waals surface area contributed by atoms with Crippen LogP contribution in [-0.4, -0.2) is 47.1 Å². The van der Waals surface area contributed by atoms with Crippen molar-refractivity contribution in [3.8, 4) is 11.3 Å². The van der Waals surface area contributed by atoms with Crippen LogP contribution in [0.3, 0.4) is 0 Å². The van der Waals surface area contributed by atoms with E-state index in [1.54, 1.807) is 0 Å². The van der Waals surface area contributed by atoms with Gasteiger partial charge >= 0.3 is 0 Å². The highest BCUT2D eigenvalue weighted by molar-refractivity contribution is 6.03. The van der Waals surface area contributed by atoms with Gasteiger partial charge in [-0.1, -0.05) is 30.3 Å². The Morgan fingerprint density at radius 2 is 1.89 bits per heavy atom. The number of hydrogen-bond acceptors (Lipinski definition) is 5. The molecule has 0 atom stereocenters. The molecule has 7 heteroatoms. The lowest BCUT2D eigenvalue weighted by atomic mass is 10.1. The Labute approximate surface area is 157 Å². The van der Waals surface area contributed by atoms with E-state index in [2.05, 4.69) is 25.4 Å². The number of aromatic amines is 1. The van der Waals surface area contributed by atoms with E-state index in [1.807, 2.05) is 48.5 Å². The molecule has 7 nitrogen and oxygen atoms in total. The van der Waals surface area contributed by atoms with Crippen LogP contribution in [0.4, 0.5) is 0 Å². The quantitative estimate of drug-likeness (QED) is 0.417. The molecule has 1 aliphatic heterocycles. The van der Waals surface area contributed by atoms with E-state index in [0.29, 0.717) is 11.7 Å². The first-order valence-electron chi connectivity index (χ1n) is 9.02. The summed E-state index contributed by atoms with van der Waals surface area (Å²) in [5.41, 5.74) is 15.9. The highest BCUT2D eigenvalue weighted by Gasteiger charge is 2.14. The van der Waals surface area contributed by atoms with Crippen molar-refractivity contribution in [2.75, 3.05) is 26.2 Å². The molecule has 0 bridgehead atoms. The first-order valence-corrected chi connectivity index (χ1v) is 9.02. The van der Waals surface area contributed by atoms with Gasteiger partial charge in [-0.05, 0) is 18.2 Å². The summed E-state index contributed by atoms with van der Waals surface area (Å²) in [6.07, 6.45) is 1.52. The maximum Gasteiger partial charge on any atom is 0.146 e. The van der Waals surface area contributed by atoms with Crippen molar-refractivity contribution < 1.29 is 0 Å². The number of benzene rings is 2. The minimum Gasteiger partial charge on any atom is -0.402 e. The molecule has 0 spiro atoms. The molecule has 4 rings (SSSR count). The van der Waals surface area contributed by atoms with Crippen molar-refractivity contribution in [3.05, 3.63) is 66.1 Å². The third kappa shape index (κ3) is 3.50. The zero-order valence-corrected chi connectivity index (χ0v) is 15.0. The second-order valence-corrected chi connectivity index (χ2v) is 6.46. The van der Waals surface area contributed by atoms with Crippen LogP contribution in [0, 0.1) is 0 Å². The SMILES string of the molecule is N/C=C(\N=C(/N)c1ccc2[nH]nc(-c3ccccc3)c2c1)N1CCNCC1. The zero-order valence-electron chi connectivity index (χ0n) is 15.0. The molecule has 2 heterocycles. The molecular formula is C20H23N7. The van der Waals surface area contributed by atoms with E-state index in [4.69, 9.17) is 11.5 Å². The van der Waals surface area contributed by atoms with Crippen molar-refractivity contribution in [1.82, 2.24) is 20.4 Å². The molecule has 0 unspecified atom stereocenters. The molecule has 0 saturated carbocycles. The molecule has 1 aliphatic rings. The monoisotopic (exact) mass is 361 g/mol. The summed E-state index contributed by atoms with van der Waals surface area (Å²) in [6, 6.07) is 16.0. The van der Waals surface area contributed by atoms with Gasteiger partial charge in [-0.3, -0.25) is 5.10 Å². The van der Waals surface area contributed by atoms with Gasteiger partial charge in [0.25, 0.3) is 0 Å². The molecule has 2 aromatic carbocycles. The molecule has 1 fully saturated rings. The minimum absolute atomic E-state index is 0.437. The van der Waals surface area contributed by atoms with Gasteiger partial charge in [0.05, 0.1) is 11.2 Å². The molecule has 1 saturated heterocycles. The van der Waals surface area contributed by atoms with Gasteiger partial charge in [0.2, 0.25) is 0 Å². The molecule has 138 valence electrons. The van der Waals surface area contributed by atoms with Gasteiger partial charge in [-0.2, -0.15) is 5.10 Å². The molecule has 0 amide bonds. The second kappa shape index (κ2) is 7.51. The Morgan fingerprint density at radius 1 is 1.11 bits per heavy atom. The number of rotatable bonds is 4. The van der Waals surface area contributed by atoms with Crippen molar-refractivity contribution in [2.24, 2.45) is 16.5 Å². The van der Waals surface area contributed by atoms with Crippen LogP contribution in [0.1, 0.15) is 5.56 Å². The molecule has 3 aromatic rings. The Kier molecular flexibility index (Phi) is 4.76. The number of H-pyrrole nitrogens is 1. The number of piperazine rings is 1. The van der Waals surface area contributed by atoms with Crippen molar-refractivity contribution in [1.29, 1.82) is 0 Å². The topological polar surface area (TPSA) is 108 Å². The van der Waals surface area contributed by atoms with Crippen LogP contribution in [0.2, 0.25) is 0 Å². The van der Waals surface area contributed by atoms with Gasteiger partial charge in [0.1, 0.15) is 11.7 Å². The van der Waals surface area contributed by atoms with Crippen LogP contribution in [-0.2, 0) is 0 Å². The Hall–Kier alpha value is -3.32. The Bertz CT molecular complexity index is 982. The van der Waals surface area contributed by atoms with Gasteiger partial charge < -0.3 is 21.7 Å². The summed E-state index contributed by atoms with van der Waals surface area (Å²) in [6.45, 7) is 3.54. The number of amidine groups is 1. The number of aromatic nitrogens is 2. The Morgan fingerprint density at radius 3 is 2.63 bits per heavy atom. The summed E-state index contributed by atoms with van der Waals surface area (Å²) in [5.74, 6) is 1.14. The summed E-state index contributed by atoms with van der Waals surface area (Å²) in [7, 11) is 0. The summed E-state index contributed by atoms with van der Waals surface area (Å²) < 4.78 is 0. The van der Waals surface area contributed by atoms with E-state index in [0.717, 1.165) is 53.9 Å². The fourth-order valence-corrected chi connectivity index (χ4v) is 3.28. The minimum atomic E-state index is 0.437. The first-order chi connectivity index (χ1) is 13.3. The normalized spacial score (nSPS) is 16.1. The van der Waals surface area contributed by atoms with Crippen LogP contribution in [0.25, 0.3) is 22.2 Å². The van der Waals surface area contributed by atoms with Crippen molar-refractivity contribution >= 4 is 16.7 Å². The van der Waals surface area contributed by atoms with E-state index in [-0.39, 0.29) is 0 Å². The van der Waals surface area contributed by atoms with E-state index < -0.39 is 0 Å². The van der Waals surface area contributed by atoms with Crippen molar-refractivity contribution in [3.63, 3.8) is 0 Å². The third-order valence-electron chi connectivity index (χ3n) is 4.73. The predicted octanol–water partition coefficient (Wildman–Crippen LogP) is 1.60. The molecule has 27 heavy (non-hydrogen) atoms. The van der Waals surface area contributed by atoms with Crippen LogP contribution in [0.15, 0.2) is 65.5 Å². The van der Waals surface area contributed by atoms with Crippen LogP contribution < -0.4 is 16.8 Å². The summed E-state index contributed by atoms with van der Waals surface area (Å²) in [5, 5.41) is 11.9. The highest BCUT2D eigenvalue weighted by atomic mass is 15.3. The fourth-order valence-electron chi connectivity index (χ4n) is 3.28. The molecule has 0 radical (unpaired) electrons. The largest absolute Gasteiger partial charge is 0.402 e. The predicted molar refractivity (Wildman–Crippen MR) is 109 cm³/mol. The smallest absolute Gasteiger partial charge is 0.146 e. The lowest BCUT2D eigenvalue weighted by Gasteiger charge is -2.29. The van der Waals surface area contributed by atoms with E-state index in [1.165, 1.54) is 6.20 Å². The first kappa shape index (κ1) is 17.1. The number of fused-ring (bicyclic) bond motifs is 1. The van der Waals surface area contributed by atoms with Gasteiger partial charge in [0, 0.05) is 48.9 Å². The van der Waals surface area contributed by atoms with Gasteiger partial charge in [-0.25, -0.2) is 4.99 Å². The third-order valence-corrected chi connectivity index (χ3v) is 4.73. The van der Waals surface area contributed by atoms with Gasteiger partial charge in [-0.15, -0.1) is 0 Å². The van der Waals surface area contributed by atoms with E-state index >= 15 is 0 Å². The maximum atomic E-state index is 6.31. The number of nitrogens with two attached hydrogens (primary N) is 2. The number of hydrogen-bond donors (Lipinski definition) is 4. The average Bonchev–Trinajstić information content (AvgIpc) is 3.16. The zero-order chi connectivity index (χ0) is 18.6. The standard InChI is InChI=1S/C20H23N7/c21-13-18(27-10-8-23-9-11-27)24-20(22)15-6-7-17-16(12-15)19(26-25-17)14-4-2-1-3-5-14/h1-7,12-13,23H,8-11,21H2,(H2,22,24)(H,25,26)/b18-13+. The maximum absolute atomic E-state index is 6.31. The Balaban J connectivity index is 1.68. The lowest BCUT2D eigenvalue weighted by Crippen LogP contribution is -2.43. The molecule has 1 aromatic heterocycles. The van der Waals surface area contributed by atoms with E-state index in [9.17, 15) is 0 Å². The average molecular weight is 361 g/mol. The van der Waals surface area contributed by atoms with Crippen LogP contribution in [0.5, 0.6) is 0 Å². The molecular weight excluding hydrogens is 338 g/mol. The van der Waals surface area contributed by atoms with Crippen molar-refractivity contribution in [2.45, 2.75) is 0 Å². The van der Waals surface area contributed by atoms with Gasteiger partial charge in [0.15, 0.2) is 0 Å². The molecule has 6 N–H and O–H groups in total. The summed E-state index contributed by atoms with van der Waals surface area (Å²) >= 11 is 0.